The predicted molar refractivity (Wildman–Crippen MR) is 147 cm³/mol. The van der Waals surface area contributed by atoms with Crippen LogP contribution >= 0.6 is 0 Å². The summed E-state index contributed by atoms with van der Waals surface area (Å²) in [4.78, 5) is 14.7. The standard InChI is InChI=1S/C28H29FN8/c1-37(2)12-11-31-21-14-19(13-20(29)16-21)22-7-10-32-27-25(22)33-28(34-27)26-23-15-18(3-4-24(23)35-36-26)17-5-8-30-9-6-17/h3-5,7,10,13-16,30-31H,6,8-9,11-12H2,1-2H3,(H,35,36)(H,32,33,34). The lowest BCUT2D eigenvalue weighted by Crippen LogP contribution is -2.20. The summed E-state index contributed by atoms with van der Waals surface area (Å²) in [6, 6.07) is 13.3. The van der Waals surface area contributed by atoms with Crippen LogP contribution in [0.4, 0.5) is 10.1 Å². The normalized spacial score (nSPS) is 14.0. The van der Waals surface area contributed by atoms with Gasteiger partial charge in [0.15, 0.2) is 11.5 Å². The number of hydrogen-bond acceptors (Lipinski definition) is 6. The third kappa shape index (κ3) is 4.71. The fourth-order valence-corrected chi connectivity index (χ4v) is 4.81. The van der Waals surface area contributed by atoms with Crippen molar-refractivity contribution in [1.29, 1.82) is 0 Å². The lowest BCUT2D eigenvalue weighted by Gasteiger charge is -2.14. The highest BCUT2D eigenvalue weighted by molar-refractivity contribution is 5.97. The number of nitrogens with one attached hydrogen (secondary N) is 4. The van der Waals surface area contributed by atoms with Crippen molar-refractivity contribution in [3.63, 3.8) is 0 Å². The van der Waals surface area contributed by atoms with E-state index in [9.17, 15) is 4.39 Å². The maximum absolute atomic E-state index is 14.6. The Balaban J connectivity index is 1.39. The molecule has 0 fully saturated rings. The molecule has 0 spiro atoms. The van der Waals surface area contributed by atoms with E-state index >= 15 is 0 Å². The Hall–Kier alpha value is -4.08. The lowest BCUT2D eigenvalue weighted by molar-refractivity contribution is 0.425. The Morgan fingerprint density at radius 2 is 2.00 bits per heavy atom. The third-order valence-electron chi connectivity index (χ3n) is 6.71. The first-order valence-corrected chi connectivity index (χ1v) is 12.5. The summed E-state index contributed by atoms with van der Waals surface area (Å²) in [5, 5.41) is 15.4. The van der Waals surface area contributed by atoms with Gasteiger partial charge in [0.1, 0.15) is 11.5 Å². The van der Waals surface area contributed by atoms with E-state index in [1.807, 2.05) is 26.2 Å². The number of aromatic nitrogens is 5. The summed E-state index contributed by atoms with van der Waals surface area (Å²) in [6.07, 6.45) is 4.94. The van der Waals surface area contributed by atoms with Crippen LogP contribution in [0.5, 0.6) is 0 Å². The molecule has 0 aliphatic carbocycles. The molecule has 0 amide bonds. The molecule has 0 unspecified atom stereocenters. The molecule has 6 rings (SSSR count). The van der Waals surface area contributed by atoms with Crippen molar-refractivity contribution in [3.8, 4) is 22.6 Å². The fraction of sp³-hybridized carbons (Fsp3) is 0.250. The van der Waals surface area contributed by atoms with Gasteiger partial charge in [-0.2, -0.15) is 5.10 Å². The van der Waals surface area contributed by atoms with Gasteiger partial charge in [-0.05, 0) is 80.2 Å². The summed E-state index contributed by atoms with van der Waals surface area (Å²) in [7, 11) is 4.02. The first kappa shape index (κ1) is 23.3. The average molecular weight is 497 g/mol. The van der Waals surface area contributed by atoms with E-state index in [2.05, 4.69) is 60.0 Å². The Labute approximate surface area is 214 Å². The van der Waals surface area contributed by atoms with Crippen molar-refractivity contribution >= 4 is 33.3 Å². The van der Waals surface area contributed by atoms with E-state index in [0.29, 0.717) is 11.5 Å². The highest BCUT2D eigenvalue weighted by Crippen LogP contribution is 2.33. The molecule has 0 saturated carbocycles. The van der Waals surface area contributed by atoms with Crippen LogP contribution in [0, 0.1) is 5.82 Å². The molecular weight excluding hydrogens is 467 g/mol. The Kier molecular flexibility index (Phi) is 6.15. The molecule has 0 radical (unpaired) electrons. The Morgan fingerprint density at radius 3 is 2.84 bits per heavy atom. The van der Waals surface area contributed by atoms with Gasteiger partial charge in [-0.25, -0.2) is 14.4 Å². The van der Waals surface area contributed by atoms with Crippen molar-refractivity contribution in [1.82, 2.24) is 35.4 Å². The van der Waals surface area contributed by atoms with Crippen molar-refractivity contribution in [2.45, 2.75) is 6.42 Å². The molecule has 188 valence electrons. The van der Waals surface area contributed by atoms with E-state index in [1.54, 1.807) is 6.20 Å². The van der Waals surface area contributed by atoms with Gasteiger partial charge in [-0.3, -0.25) is 5.10 Å². The molecular formula is C28H29FN8. The summed E-state index contributed by atoms with van der Waals surface area (Å²) >= 11 is 0. The van der Waals surface area contributed by atoms with Crippen molar-refractivity contribution in [3.05, 3.63) is 66.1 Å². The van der Waals surface area contributed by atoms with Crippen molar-refractivity contribution in [2.75, 3.05) is 45.6 Å². The Morgan fingerprint density at radius 1 is 1.08 bits per heavy atom. The van der Waals surface area contributed by atoms with E-state index in [-0.39, 0.29) is 5.82 Å². The molecule has 2 aromatic carbocycles. The number of halogens is 1. The van der Waals surface area contributed by atoms with E-state index < -0.39 is 0 Å². The molecule has 4 N–H and O–H groups in total. The highest BCUT2D eigenvalue weighted by atomic mass is 19.1. The number of imidazole rings is 1. The molecule has 37 heavy (non-hydrogen) atoms. The van der Waals surface area contributed by atoms with Gasteiger partial charge in [0, 0.05) is 42.5 Å². The summed E-state index contributed by atoms with van der Waals surface area (Å²) in [6.45, 7) is 3.43. The van der Waals surface area contributed by atoms with E-state index in [0.717, 1.165) is 71.5 Å². The van der Waals surface area contributed by atoms with E-state index in [4.69, 9.17) is 4.98 Å². The van der Waals surface area contributed by atoms with Gasteiger partial charge < -0.3 is 20.5 Å². The summed E-state index contributed by atoms with van der Waals surface area (Å²) in [5.74, 6) is 0.325. The number of pyridine rings is 1. The first-order chi connectivity index (χ1) is 18.0. The molecule has 1 aliphatic rings. The number of anilines is 1. The largest absolute Gasteiger partial charge is 0.384 e. The van der Waals surface area contributed by atoms with Crippen LogP contribution in [0.15, 0.2) is 54.7 Å². The van der Waals surface area contributed by atoms with Crippen molar-refractivity contribution < 1.29 is 4.39 Å². The zero-order valence-corrected chi connectivity index (χ0v) is 20.9. The Bertz CT molecular complexity index is 1610. The smallest absolute Gasteiger partial charge is 0.178 e. The number of likely N-dealkylation sites (N-methyl/N-ethyl adjacent to an activating group) is 1. The van der Waals surface area contributed by atoms with Gasteiger partial charge >= 0.3 is 0 Å². The van der Waals surface area contributed by atoms with Gasteiger partial charge in [0.25, 0.3) is 0 Å². The number of fused-ring (bicyclic) bond motifs is 2. The molecule has 1 aliphatic heterocycles. The first-order valence-electron chi connectivity index (χ1n) is 12.5. The second-order valence-electron chi connectivity index (χ2n) is 9.62. The minimum absolute atomic E-state index is 0.299. The number of H-pyrrole nitrogens is 2. The summed E-state index contributed by atoms with van der Waals surface area (Å²) in [5.41, 5.74) is 7.84. The zero-order chi connectivity index (χ0) is 25.4. The summed E-state index contributed by atoms with van der Waals surface area (Å²) < 4.78 is 14.6. The molecule has 0 saturated heterocycles. The van der Waals surface area contributed by atoms with Crippen LogP contribution in [0.1, 0.15) is 12.0 Å². The molecule has 8 nitrogen and oxygen atoms in total. The van der Waals surface area contributed by atoms with Crippen LogP contribution in [0.2, 0.25) is 0 Å². The molecule has 0 atom stereocenters. The second-order valence-corrected chi connectivity index (χ2v) is 9.62. The van der Waals surface area contributed by atoms with Crippen LogP contribution < -0.4 is 10.6 Å². The number of hydrogen-bond donors (Lipinski definition) is 4. The zero-order valence-electron chi connectivity index (χ0n) is 20.9. The minimum Gasteiger partial charge on any atom is -0.384 e. The predicted octanol–water partition coefficient (Wildman–Crippen LogP) is 4.66. The third-order valence-corrected chi connectivity index (χ3v) is 6.71. The highest BCUT2D eigenvalue weighted by Gasteiger charge is 2.17. The topological polar surface area (TPSA) is 97.5 Å². The molecule has 0 bridgehead atoms. The molecule has 9 heteroatoms. The number of aromatic amines is 2. The molecule has 5 aromatic rings. The average Bonchev–Trinajstić information content (AvgIpc) is 3.52. The number of benzene rings is 2. The maximum Gasteiger partial charge on any atom is 0.178 e. The van der Waals surface area contributed by atoms with Crippen LogP contribution in [-0.4, -0.2) is 70.3 Å². The SMILES string of the molecule is CN(C)CCNc1cc(F)cc(-c2ccnc3nc(-c4n[nH]c5ccc(C6=CCNCC6)cc45)[nH]c23)c1. The van der Waals surface area contributed by atoms with Crippen LogP contribution in [0.25, 0.3) is 50.3 Å². The lowest BCUT2D eigenvalue weighted by atomic mass is 9.98. The quantitative estimate of drug-likeness (QED) is 0.262. The minimum atomic E-state index is -0.299. The van der Waals surface area contributed by atoms with Crippen LogP contribution in [0.3, 0.4) is 0 Å². The molecule has 4 heterocycles. The van der Waals surface area contributed by atoms with Gasteiger partial charge in [0.2, 0.25) is 0 Å². The van der Waals surface area contributed by atoms with E-state index in [1.165, 1.54) is 23.3 Å². The second kappa shape index (κ2) is 9.76. The van der Waals surface area contributed by atoms with Gasteiger partial charge in [-0.1, -0.05) is 12.1 Å². The van der Waals surface area contributed by atoms with Crippen LogP contribution in [-0.2, 0) is 0 Å². The maximum atomic E-state index is 14.6. The number of nitrogens with zero attached hydrogens (tertiary/aromatic N) is 4. The fourth-order valence-electron chi connectivity index (χ4n) is 4.81. The number of rotatable bonds is 7. The van der Waals surface area contributed by atoms with Gasteiger partial charge in [0.05, 0.1) is 11.0 Å². The van der Waals surface area contributed by atoms with Crippen molar-refractivity contribution in [2.24, 2.45) is 0 Å². The van der Waals surface area contributed by atoms with Gasteiger partial charge in [-0.15, -0.1) is 0 Å². The monoisotopic (exact) mass is 496 g/mol. The molecule has 3 aromatic heterocycles.